The summed E-state index contributed by atoms with van der Waals surface area (Å²) < 4.78 is 49.6. The smallest absolute Gasteiger partial charge is 0.365 e. The molecule has 11 heteroatoms. The molecule has 1 aromatic heterocycles. The number of rotatable bonds is 3. The molecule has 0 N–H and O–H groups in total. The molecule has 1 aromatic carbocycles. The molecule has 8 nitrogen and oxygen atoms in total. The average Bonchev–Trinajstić information content (AvgIpc) is 3.34. The first-order chi connectivity index (χ1) is 14.2. The van der Waals surface area contributed by atoms with E-state index in [-0.39, 0.29) is 48.7 Å². The Hall–Kier alpha value is -2.95. The summed E-state index contributed by atoms with van der Waals surface area (Å²) in [7, 11) is 1.66. The third kappa shape index (κ3) is 4.02. The third-order valence-electron chi connectivity index (χ3n) is 5.23. The van der Waals surface area contributed by atoms with Crippen molar-refractivity contribution in [2.45, 2.75) is 18.7 Å². The Balaban J connectivity index is 1.47. The van der Waals surface area contributed by atoms with E-state index in [9.17, 15) is 22.8 Å². The van der Waals surface area contributed by atoms with Gasteiger partial charge < -0.3 is 19.1 Å². The molecule has 0 unspecified atom stereocenters. The van der Waals surface area contributed by atoms with Crippen LogP contribution in [0, 0.1) is 5.92 Å². The quantitative estimate of drug-likeness (QED) is 0.750. The van der Waals surface area contributed by atoms with Crippen molar-refractivity contribution < 1.29 is 32.0 Å². The zero-order valence-corrected chi connectivity index (χ0v) is 16.1. The van der Waals surface area contributed by atoms with E-state index in [0.717, 1.165) is 12.1 Å². The molecule has 0 bridgehead atoms. The van der Waals surface area contributed by atoms with Gasteiger partial charge in [-0.2, -0.15) is 18.2 Å². The van der Waals surface area contributed by atoms with E-state index in [1.165, 1.54) is 17.0 Å². The van der Waals surface area contributed by atoms with Crippen LogP contribution in [0.4, 0.5) is 13.2 Å². The monoisotopic (exact) mass is 424 g/mol. The van der Waals surface area contributed by atoms with Crippen molar-refractivity contribution in [2.75, 3.05) is 33.3 Å². The Kier molecular flexibility index (Phi) is 5.22. The first-order valence-electron chi connectivity index (χ1n) is 9.38. The van der Waals surface area contributed by atoms with Gasteiger partial charge in [0.15, 0.2) is 6.10 Å². The molecule has 0 aliphatic carbocycles. The van der Waals surface area contributed by atoms with Crippen molar-refractivity contribution in [1.82, 2.24) is 19.9 Å². The van der Waals surface area contributed by atoms with E-state index in [1.807, 2.05) is 0 Å². The van der Waals surface area contributed by atoms with Crippen LogP contribution in [0.1, 0.15) is 24.0 Å². The largest absolute Gasteiger partial charge is 0.416 e. The normalized spacial score (nSPS) is 22.6. The van der Waals surface area contributed by atoms with E-state index in [0.29, 0.717) is 13.1 Å². The zero-order valence-electron chi connectivity index (χ0n) is 16.1. The minimum Gasteiger partial charge on any atom is -0.365 e. The summed E-state index contributed by atoms with van der Waals surface area (Å²) in [6.45, 7) is 1.16. The molecule has 2 saturated heterocycles. The third-order valence-corrected chi connectivity index (χ3v) is 5.23. The lowest BCUT2D eigenvalue weighted by Gasteiger charge is -2.32. The van der Waals surface area contributed by atoms with Gasteiger partial charge in [0.1, 0.15) is 0 Å². The van der Waals surface area contributed by atoms with Crippen molar-refractivity contribution in [1.29, 1.82) is 0 Å². The summed E-state index contributed by atoms with van der Waals surface area (Å²) >= 11 is 0. The van der Waals surface area contributed by atoms with Crippen molar-refractivity contribution >= 4 is 11.8 Å². The van der Waals surface area contributed by atoms with E-state index < -0.39 is 23.8 Å². The van der Waals surface area contributed by atoms with Crippen LogP contribution in [0.15, 0.2) is 28.8 Å². The van der Waals surface area contributed by atoms with Gasteiger partial charge in [0.2, 0.25) is 17.6 Å². The lowest BCUT2D eigenvalue weighted by molar-refractivity contribution is -0.144. The maximum atomic E-state index is 12.9. The van der Waals surface area contributed by atoms with Gasteiger partial charge in [0.25, 0.3) is 5.89 Å². The predicted octanol–water partition coefficient (Wildman–Crippen LogP) is 2.13. The first-order valence-corrected chi connectivity index (χ1v) is 9.38. The van der Waals surface area contributed by atoms with E-state index in [1.54, 1.807) is 11.9 Å². The van der Waals surface area contributed by atoms with Gasteiger partial charge in [-0.15, -0.1) is 0 Å². The number of benzene rings is 1. The highest BCUT2D eigenvalue weighted by Crippen LogP contribution is 2.32. The van der Waals surface area contributed by atoms with Crippen LogP contribution in [0.25, 0.3) is 11.4 Å². The number of morpholine rings is 1. The second-order valence-electron chi connectivity index (χ2n) is 7.35. The molecule has 2 fully saturated rings. The van der Waals surface area contributed by atoms with Gasteiger partial charge >= 0.3 is 6.18 Å². The Morgan fingerprint density at radius 2 is 2.07 bits per heavy atom. The predicted molar refractivity (Wildman–Crippen MR) is 95.8 cm³/mol. The van der Waals surface area contributed by atoms with Gasteiger partial charge in [-0.05, 0) is 12.1 Å². The maximum absolute atomic E-state index is 12.9. The number of carbonyl (C=O) groups is 2. The maximum Gasteiger partial charge on any atom is 0.416 e. The Bertz CT molecular complexity index is 961. The second kappa shape index (κ2) is 7.71. The molecule has 0 radical (unpaired) electrons. The van der Waals surface area contributed by atoms with Gasteiger partial charge in [-0.3, -0.25) is 9.59 Å². The standard InChI is InChI=1S/C19H19F3N4O4/c1-25-9-12(8-15(25)27)18(28)26-5-6-29-14(10-26)17-23-16(24-30-17)11-3-2-4-13(7-11)19(20,21)22/h2-4,7,12,14H,5-6,8-10H2,1H3/t12-,14-/m0/s1. The minimum absolute atomic E-state index is 0.00571. The molecule has 0 saturated carbocycles. The molecule has 2 atom stereocenters. The SMILES string of the molecule is CN1C[C@@H](C(=O)N2CCO[C@H](c3nc(-c4cccc(C(F)(F)F)c4)no3)C2)CC1=O. The molecule has 160 valence electrons. The van der Waals surface area contributed by atoms with E-state index in [2.05, 4.69) is 10.1 Å². The number of hydrogen-bond donors (Lipinski definition) is 0. The van der Waals surface area contributed by atoms with Gasteiger partial charge in [-0.1, -0.05) is 17.3 Å². The molecule has 2 aliphatic heterocycles. The molecule has 2 aromatic rings. The fourth-order valence-corrected chi connectivity index (χ4v) is 3.60. The molecular weight excluding hydrogens is 405 g/mol. The van der Waals surface area contributed by atoms with Gasteiger partial charge in [-0.25, -0.2) is 0 Å². The summed E-state index contributed by atoms with van der Waals surface area (Å²) in [4.78, 5) is 31.7. The van der Waals surface area contributed by atoms with Crippen LogP contribution in [-0.4, -0.2) is 65.0 Å². The van der Waals surface area contributed by atoms with Crippen molar-refractivity contribution in [3.05, 3.63) is 35.7 Å². The van der Waals surface area contributed by atoms with Crippen LogP contribution in [-0.2, 0) is 20.5 Å². The Morgan fingerprint density at radius 3 is 2.77 bits per heavy atom. The van der Waals surface area contributed by atoms with Gasteiger partial charge in [0.05, 0.1) is 24.6 Å². The summed E-state index contributed by atoms with van der Waals surface area (Å²) in [6.07, 6.45) is -4.99. The minimum atomic E-state index is -4.48. The number of aromatic nitrogens is 2. The molecule has 30 heavy (non-hydrogen) atoms. The molecule has 2 aliphatic rings. The van der Waals surface area contributed by atoms with Crippen LogP contribution >= 0.6 is 0 Å². The lowest BCUT2D eigenvalue weighted by Crippen LogP contribution is -2.45. The summed E-state index contributed by atoms with van der Waals surface area (Å²) in [5.41, 5.74) is -0.649. The lowest BCUT2D eigenvalue weighted by atomic mass is 10.1. The van der Waals surface area contributed by atoms with E-state index >= 15 is 0 Å². The first kappa shape index (κ1) is 20.3. The second-order valence-corrected chi connectivity index (χ2v) is 7.35. The molecular formula is C19H19F3N4O4. The average molecular weight is 424 g/mol. The summed E-state index contributed by atoms with van der Waals surface area (Å²) in [5, 5.41) is 3.76. The van der Waals surface area contributed by atoms with Crippen LogP contribution in [0.3, 0.4) is 0 Å². The number of halogens is 3. The van der Waals surface area contributed by atoms with Crippen molar-refractivity contribution in [3.63, 3.8) is 0 Å². The van der Waals surface area contributed by atoms with Crippen LogP contribution in [0.5, 0.6) is 0 Å². The number of ether oxygens (including phenoxy) is 1. The Morgan fingerprint density at radius 1 is 1.27 bits per heavy atom. The van der Waals surface area contributed by atoms with E-state index in [4.69, 9.17) is 9.26 Å². The highest BCUT2D eigenvalue weighted by atomic mass is 19.4. The van der Waals surface area contributed by atoms with Gasteiger partial charge in [0, 0.05) is 32.1 Å². The Labute approximate surface area is 169 Å². The van der Waals surface area contributed by atoms with Crippen LogP contribution < -0.4 is 0 Å². The summed E-state index contributed by atoms with van der Waals surface area (Å²) in [5.74, 6) is -0.519. The highest BCUT2D eigenvalue weighted by molar-refractivity contribution is 5.89. The fourth-order valence-electron chi connectivity index (χ4n) is 3.60. The van der Waals surface area contributed by atoms with Crippen molar-refractivity contribution in [3.8, 4) is 11.4 Å². The number of alkyl halides is 3. The molecule has 3 heterocycles. The van der Waals surface area contributed by atoms with Crippen LogP contribution in [0.2, 0.25) is 0 Å². The molecule has 0 spiro atoms. The number of likely N-dealkylation sites (tertiary alicyclic amines) is 1. The van der Waals surface area contributed by atoms with Crippen molar-refractivity contribution in [2.24, 2.45) is 5.92 Å². The number of carbonyl (C=O) groups excluding carboxylic acids is 2. The number of nitrogens with zero attached hydrogens (tertiary/aromatic N) is 4. The number of amides is 2. The molecule has 4 rings (SSSR count). The fraction of sp³-hybridized carbons (Fsp3) is 0.474. The summed E-state index contributed by atoms with van der Waals surface area (Å²) in [6, 6.07) is 4.63. The highest BCUT2D eigenvalue weighted by Gasteiger charge is 2.38. The molecule has 2 amide bonds. The zero-order chi connectivity index (χ0) is 21.5. The number of hydrogen-bond acceptors (Lipinski definition) is 6. The topological polar surface area (TPSA) is 88.8 Å².